The van der Waals surface area contributed by atoms with Gasteiger partial charge in [-0.1, -0.05) is 6.92 Å². The highest BCUT2D eigenvalue weighted by Gasteiger charge is 1.97. The topological polar surface area (TPSA) is 26.0 Å². The van der Waals surface area contributed by atoms with E-state index in [0.29, 0.717) is 0 Å². The van der Waals surface area contributed by atoms with Gasteiger partial charge in [-0.3, -0.25) is 0 Å². The van der Waals surface area contributed by atoms with Crippen LogP contribution in [0.4, 0.5) is 5.69 Å². The van der Waals surface area contributed by atoms with Crippen molar-refractivity contribution in [3.8, 4) is 0 Å². The molecule has 0 saturated carbocycles. The van der Waals surface area contributed by atoms with Gasteiger partial charge in [0.05, 0.1) is 0 Å². The SMILES string of the molecule is CCSc1ccc(N)cc1I. The Morgan fingerprint density at radius 2 is 2.27 bits per heavy atom. The molecule has 0 aromatic heterocycles. The van der Waals surface area contributed by atoms with Crippen LogP contribution in [0.15, 0.2) is 23.1 Å². The predicted molar refractivity (Wildman–Crippen MR) is 60.0 cm³/mol. The Balaban J connectivity index is 2.90. The van der Waals surface area contributed by atoms with Crippen LogP contribution in [0, 0.1) is 3.57 Å². The number of nitrogens with two attached hydrogens (primary N) is 1. The summed E-state index contributed by atoms with van der Waals surface area (Å²) in [5, 5.41) is 0. The molecule has 0 unspecified atom stereocenters. The molecular formula is C8H10INS. The summed E-state index contributed by atoms with van der Waals surface area (Å²) in [7, 11) is 0. The van der Waals surface area contributed by atoms with Crippen LogP contribution >= 0.6 is 34.4 Å². The minimum atomic E-state index is 0.842. The van der Waals surface area contributed by atoms with E-state index >= 15 is 0 Å². The summed E-state index contributed by atoms with van der Waals surface area (Å²) < 4.78 is 1.24. The maximum Gasteiger partial charge on any atom is 0.0325 e. The van der Waals surface area contributed by atoms with Crippen molar-refractivity contribution in [2.24, 2.45) is 0 Å². The molecule has 0 aliphatic rings. The highest BCUT2D eigenvalue weighted by atomic mass is 127. The number of rotatable bonds is 2. The molecule has 11 heavy (non-hydrogen) atoms. The van der Waals surface area contributed by atoms with E-state index in [0.717, 1.165) is 11.4 Å². The molecular weight excluding hydrogens is 269 g/mol. The van der Waals surface area contributed by atoms with Gasteiger partial charge >= 0.3 is 0 Å². The second-order valence-electron chi connectivity index (χ2n) is 2.12. The summed E-state index contributed by atoms with van der Waals surface area (Å²) in [6, 6.07) is 6.02. The second-order valence-corrected chi connectivity index (χ2v) is 4.59. The van der Waals surface area contributed by atoms with Gasteiger partial charge in [0.15, 0.2) is 0 Å². The summed E-state index contributed by atoms with van der Waals surface area (Å²) in [5.74, 6) is 1.11. The van der Waals surface area contributed by atoms with E-state index in [9.17, 15) is 0 Å². The third kappa shape index (κ3) is 2.56. The van der Waals surface area contributed by atoms with Gasteiger partial charge in [-0.25, -0.2) is 0 Å². The fourth-order valence-electron chi connectivity index (χ4n) is 0.790. The zero-order valence-corrected chi connectivity index (χ0v) is 9.28. The van der Waals surface area contributed by atoms with Crippen molar-refractivity contribution in [2.45, 2.75) is 11.8 Å². The first-order valence-electron chi connectivity index (χ1n) is 3.42. The summed E-state index contributed by atoms with van der Waals surface area (Å²) >= 11 is 4.16. The van der Waals surface area contributed by atoms with E-state index in [4.69, 9.17) is 5.73 Å². The number of hydrogen-bond donors (Lipinski definition) is 1. The van der Waals surface area contributed by atoms with Gasteiger partial charge in [0.25, 0.3) is 0 Å². The molecule has 2 N–H and O–H groups in total. The first kappa shape index (κ1) is 9.19. The molecule has 0 bridgehead atoms. The van der Waals surface area contributed by atoms with Crippen molar-refractivity contribution in [2.75, 3.05) is 11.5 Å². The normalized spacial score (nSPS) is 10.0. The Bertz CT molecular complexity index is 250. The molecule has 1 nitrogen and oxygen atoms in total. The lowest BCUT2D eigenvalue weighted by Crippen LogP contribution is -1.86. The molecule has 0 spiro atoms. The molecule has 0 atom stereocenters. The van der Waals surface area contributed by atoms with Crippen molar-refractivity contribution in [1.29, 1.82) is 0 Å². The van der Waals surface area contributed by atoms with Crippen molar-refractivity contribution >= 4 is 40.0 Å². The Hall–Kier alpha value is 0.100. The number of halogens is 1. The van der Waals surface area contributed by atoms with E-state index in [1.54, 1.807) is 0 Å². The van der Waals surface area contributed by atoms with Crippen LogP contribution in [-0.2, 0) is 0 Å². The van der Waals surface area contributed by atoms with Gasteiger partial charge in [-0.05, 0) is 46.5 Å². The minimum Gasteiger partial charge on any atom is -0.399 e. The van der Waals surface area contributed by atoms with E-state index in [1.807, 2.05) is 23.9 Å². The number of anilines is 1. The molecule has 0 aliphatic carbocycles. The quantitative estimate of drug-likeness (QED) is 0.511. The highest BCUT2D eigenvalue weighted by molar-refractivity contribution is 14.1. The Morgan fingerprint density at radius 1 is 1.55 bits per heavy atom. The van der Waals surface area contributed by atoms with Gasteiger partial charge in [0.1, 0.15) is 0 Å². The van der Waals surface area contributed by atoms with Crippen LogP contribution in [0.2, 0.25) is 0 Å². The maximum atomic E-state index is 5.61. The van der Waals surface area contributed by atoms with Crippen molar-refractivity contribution in [1.82, 2.24) is 0 Å². The Kier molecular flexibility index (Phi) is 3.51. The van der Waals surface area contributed by atoms with Crippen molar-refractivity contribution in [3.63, 3.8) is 0 Å². The Morgan fingerprint density at radius 3 is 2.82 bits per heavy atom. The lowest BCUT2D eigenvalue weighted by Gasteiger charge is -2.02. The van der Waals surface area contributed by atoms with Crippen molar-refractivity contribution in [3.05, 3.63) is 21.8 Å². The maximum absolute atomic E-state index is 5.61. The lowest BCUT2D eigenvalue weighted by atomic mass is 10.3. The van der Waals surface area contributed by atoms with Crippen molar-refractivity contribution < 1.29 is 0 Å². The molecule has 0 saturated heterocycles. The average Bonchev–Trinajstić information content (AvgIpc) is 1.95. The Labute approximate surface area is 84.9 Å². The van der Waals surface area contributed by atoms with E-state index in [-0.39, 0.29) is 0 Å². The van der Waals surface area contributed by atoms with Gasteiger partial charge in [-0.15, -0.1) is 11.8 Å². The van der Waals surface area contributed by atoms with E-state index in [1.165, 1.54) is 8.47 Å². The van der Waals surface area contributed by atoms with Crippen LogP contribution < -0.4 is 5.73 Å². The molecule has 0 aliphatic heterocycles. The average molecular weight is 279 g/mol. The third-order valence-electron chi connectivity index (χ3n) is 1.26. The summed E-state index contributed by atoms with van der Waals surface area (Å²) in [6.45, 7) is 2.15. The fraction of sp³-hybridized carbons (Fsp3) is 0.250. The highest BCUT2D eigenvalue weighted by Crippen LogP contribution is 2.25. The number of thioether (sulfide) groups is 1. The molecule has 0 radical (unpaired) electrons. The van der Waals surface area contributed by atoms with Gasteiger partial charge < -0.3 is 5.73 Å². The van der Waals surface area contributed by atoms with Gasteiger partial charge in [0, 0.05) is 14.2 Å². The third-order valence-corrected chi connectivity index (χ3v) is 3.47. The largest absolute Gasteiger partial charge is 0.399 e. The first-order valence-corrected chi connectivity index (χ1v) is 5.48. The molecule has 0 fully saturated rings. The smallest absolute Gasteiger partial charge is 0.0325 e. The summed E-state index contributed by atoms with van der Waals surface area (Å²) in [6.07, 6.45) is 0. The zero-order valence-electron chi connectivity index (χ0n) is 6.30. The standard InChI is InChI=1S/C8H10INS/c1-2-11-8-4-3-6(10)5-7(8)9/h3-5H,2,10H2,1H3. The molecule has 0 amide bonds. The lowest BCUT2D eigenvalue weighted by molar-refractivity contribution is 1.38. The summed E-state index contributed by atoms with van der Waals surface area (Å²) in [4.78, 5) is 1.32. The molecule has 1 rings (SSSR count). The summed E-state index contributed by atoms with van der Waals surface area (Å²) in [5.41, 5.74) is 6.45. The van der Waals surface area contributed by atoms with E-state index in [2.05, 4.69) is 35.6 Å². The molecule has 1 aromatic carbocycles. The van der Waals surface area contributed by atoms with Crippen LogP contribution in [0.5, 0.6) is 0 Å². The molecule has 3 heteroatoms. The van der Waals surface area contributed by atoms with Gasteiger partial charge in [0.2, 0.25) is 0 Å². The monoisotopic (exact) mass is 279 g/mol. The fourth-order valence-corrected chi connectivity index (χ4v) is 2.47. The first-order chi connectivity index (χ1) is 5.24. The zero-order chi connectivity index (χ0) is 8.27. The van der Waals surface area contributed by atoms with Crippen LogP contribution in [0.1, 0.15) is 6.92 Å². The number of nitrogen functional groups attached to an aromatic ring is 1. The van der Waals surface area contributed by atoms with Crippen LogP contribution in [0.3, 0.4) is 0 Å². The molecule has 1 aromatic rings. The van der Waals surface area contributed by atoms with Crippen LogP contribution in [-0.4, -0.2) is 5.75 Å². The van der Waals surface area contributed by atoms with E-state index < -0.39 is 0 Å². The number of benzene rings is 1. The predicted octanol–water partition coefficient (Wildman–Crippen LogP) is 2.99. The minimum absolute atomic E-state index is 0.842. The second kappa shape index (κ2) is 4.21. The van der Waals surface area contributed by atoms with Crippen LogP contribution in [0.25, 0.3) is 0 Å². The molecule has 0 heterocycles. The molecule has 60 valence electrons. The number of hydrogen-bond acceptors (Lipinski definition) is 2. The van der Waals surface area contributed by atoms with Gasteiger partial charge in [-0.2, -0.15) is 0 Å².